The molecule has 3 aromatic rings. The number of rotatable bonds is 4. The third-order valence-corrected chi connectivity index (χ3v) is 4.62. The minimum Gasteiger partial charge on any atom is -0.482 e. The lowest BCUT2D eigenvalue weighted by Crippen LogP contribution is -2.25. The Hall–Kier alpha value is -4.39. The first-order valence-corrected chi connectivity index (χ1v) is 9.57. The van der Waals surface area contributed by atoms with Crippen LogP contribution in [0, 0.1) is 0 Å². The van der Waals surface area contributed by atoms with Crippen LogP contribution in [0.25, 0.3) is 6.08 Å². The summed E-state index contributed by atoms with van der Waals surface area (Å²) >= 11 is 0. The van der Waals surface area contributed by atoms with Crippen molar-refractivity contribution in [2.75, 3.05) is 11.9 Å². The average molecular weight is 412 g/mol. The fraction of sp³-hybridized carbons (Fsp3) is 0.0417. The molecule has 1 N–H and O–H groups in total. The summed E-state index contributed by atoms with van der Waals surface area (Å²) in [7, 11) is 0. The van der Waals surface area contributed by atoms with E-state index in [-0.39, 0.29) is 24.1 Å². The lowest BCUT2D eigenvalue weighted by atomic mass is 10.1. The molecular formula is C24H16N2O5. The summed E-state index contributed by atoms with van der Waals surface area (Å²) in [6, 6.07) is 21.8. The van der Waals surface area contributed by atoms with Crippen LogP contribution in [0.1, 0.15) is 11.1 Å². The molecule has 0 aliphatic carbocycles. The predicted molar refractivity (Wildman–Crippen MR) is 114 cm³/mol. The van der Waals surface area contributed by atoms with E-state index in [1.54, 1.807) is 24.3 Å². The Morgan fingerprint density at radius 1 is 0.935 bits per heavy atom. The molecule has 0 saturated heterocycles. The minimum absolute atomic E-state index is 0.0256. The van der Waals surface area contributed by atoms with Crippen LogP contribution in [0.15, 0.2) is 83.5 Å². The van der Waals surface area contributed by atoms with Crippen LogP contribution in [-0.2, 0) is 14.3 Å². The van der Waals surface area contributed by atoms with Crippen LogP contribution < -0.4 is 14.8 Å². The number of benzene rings is 3. The Kier molecular flexibility index (Phi) is 4.68. The first kappa shape index (κ1) is 18.6. The molecular weight excluding hydrogens is 396 g/mol. The number of nitrogens with zero attached hydrogens (tertiary/aromatic N) is 1. The predicted octanol–water partition coefficient (Wildman–Crippen LogP) is 4.15. The van der Waals surface area contributed by atoms with Gasteiger partial charge < -0.3 is 19.5 Å². The number of para-hydroxylation sites is 1. The molecule has 31 heavy (non-hydrogen) atoms. The number of carbonyl (C=O) groups is 2. The summed E-state index contributed by atoms with van der Waals surface area (Å²) in [5.74, 6) is 1.28. The Labute approximate surface area is 177 Å². The van der Waals surface area contributed by atoms with E-state index >= 15 is 0 Å². The van der Waals surface area contributed by atoms with E-state index in [0.717, 1.165) is 11.3 Å². The van der Waals surface area contributed by atoms with Crippen molar-refractivity contribution in [3.63, 3.8) is 0 Å². The van der Waals surface area contributed by atoms with E-state index < -0.39 is 5.97 Å². The Balaban J connectivity index is 1.40. The Bertz CT molecular complexity index is 1250. The smallest absolute Gasteiger partial charge is 0.363 e. The number of fused-ring (bicyclic) bond motifs is 1. The monoisotopic (exact) mass is 412 g/mol. The topological polar surface area (TPSA) is 86.2 Å². The zero-order chi connectivity index (χ0) is 21.2. The van der Waals surface area contributed by atoms with E-state index in [0.29, 0.717) is 22.7 Å². The van der Waals surface area contributed by atoms with Crippen molar-refractivity contribution in [2.45, 2.75) is 0 Å². The normalized spacial score (nSPS) is 16.1. The molecule has 5 rings (SSSR count). The fourth-order valence-electron chi connectivity index (χ4n) is 3.20. The molecule has 1 amide bonds. The molecule has 0 fully saturated rings. The number of carbonyl (C=O) groups excluding carboxylic acids is 2. The zero-order valence-electron chi connectivity index (χ0n) is 16.2. The maximum atomic E-state index is 12.3. The number of esters is 1. The fourth-order valence-corrected chi connectivity index (χ4v) is 3.20. The first-order valence-electron chi connectivity index (χ1n) is 9.57. The third kappa shape index (κ3) is 4.02. The van der Waals surface area contributed by atoms with Gasteiger partial charge >= 0.3 is 5.97 Å². The van der Waals surface area contributed by atoms with Crippen molar-refractivity contribution in [3.8, 4) is 17.2 Å². The summed E-state index contributed by atoms with van der Waals surface area (Å²) in [6.45, 7) is -0.0256. The number of aliphatic imine (C=N–C) groups is 1. The molecule has 7 nitrogen and oxygen atoms in total. The molecule has 2 aliphatic rings. The quantitative estimate of drug-likeness (QED) is 0.514. The number of hydrogen-bond donors (Lipinski definition) is 1. The molecule has 2 aliphatic heterocycles. The summed E-state index contributed by atoms with van der Waals surface area (Å²) < 4.78 is 16.5. The standard InChI is InChI=1S/C24H16N2O5/c27-22-14-29-21-10-9-16(13-19(21)25-22)23-26-20(24(28)31-23)12-15-5-4-8-18(11-15)30-17-6-2-1-3-7-17/h1-13H,14H2,(H,25,27)/b20-12-. The summed E-state index contributed by atoms with van der Waals surface area (Å²) in [6.07, 6.45) is 1.64. The van der Waals surface area contributed by atoms with Gasteiger partial charge in [0.05, 0.1) is 5.69 Å². The summed E-state index contributed by atoms with van der Waals surface area (Å²) in [5, 5.41) is 2.72. The van der Waals surface area contributed by atoms with Crippen LogP contribution in [0.2, 0.25) is 0 Å². The number of cyclic esters (lactones) is 1. The van der Waals surface area contributed by atoms with Gasteiger partial charge in [0.25, 0.3) is 5.91 Å². The molecule has 0 atom stereocenters. The van der Waals surface area contributed by atoms with Crippen molar-refractivity contribution in [1.29, 1.82) is 0 Å². The number of nitrogens with one attached hydrogen (secondary N) is 1. The number of amides is 1. The van der Waals surface area contributed by atoms with E-state index in [1.165, 1.54) is 0 Å². The largest absolute Gasteiger partial charge is 0.482 e. The third-order valence-electron chi connectivity index (χ3n) is 4.62. The molecule has 0 bridgehead atoms. The van der Waals surface area contributed by atoms with E-state index in [9.17, 15) is 9.59 Å². The van der Waals surface area contributed by atoms with Gasteiger partial charge in [0.1, 0.15) is 17.2 Å². The van der Waals surface area contributed by atoms with Crippen molar-refractivity contribution < 1.29 is 23.8 Å². The highest BCUT2D eigenvalue weighted by molar-refractivity contribution is 6.13. The molecule has 2 heterocycles. The van der Waals surface area contributed by atoms with Crippen molar-refractivity contribution in [3.05, 3.63) is 89.6 Å². The molecule has 152 valence electrons. The van der Waals surface area contributed by atoms with Crippen molar-refractivity contribution >= 4 is 29.5 Å². The highest BCUT2D eigenvalue weighted by atomic mass is 16.6. The maximum Gasteiger partial charge on any atom is 0.363 e. The molecule has 0 radical (unpaired) electrons. The van der Waals surface area contributed by atoms with Crippen LogP contribution in [0.5, 0.6) is 17.2 Å². The second-order valence-corrected chi connectivity index (χ2v) is 6.87. The molecule has 7 heteroatoms. The average Bonchev–Trinajstić information content (AvgIpc) is 3.14. The second-order valence-electron chi connectivity index (χ2n) is 6.87. The van der Waals surface area contributed by atoms with Gasteiger partial charge in [-0.1, -0.05) is 30.3 Å². The Morgan fingerprint density at radius 3 is 2.65 bits per heavy atom. The first-order chi connectivity index (χ1) is 15.1. The SMILES string of the molecule is O=C1COc2ccc(C3=N/C(=C\c4cccc(Oc5ccccc5)c4)C(=O)O3)cc2N1. The van der Waals surface area contributed by atoms with Gasteiger partial charge in [0.15, 0.2) is 12.3 Å². The minimum atomic E-state index is -0.553. The van der Waals surface area contributed by atoms with Gasteiger partial charge in [-0.15, -0.1) is 0 Å². The van der Waals surface area contributed by atoms with Gasteiger partial charge in [-0.05, 0) is 54.1 Å². The lowest BCUT2D eigenvalue weighted by molar-refractivity contribution is -0.130. The van der Waals surface area contributed by atoms with Crippen LogP contribution in [-0.4, -0.2) is 24.4 Å². The number of ether oxygens (including phenoxy) is 3. The summed E-state index contributed by atoms with van der Waals surface area (Å²) in [5.41, 5.74) is 1.99. The molecule has 3 aromatic carbocycles. The lowest BCUT2D eigenvalue weighted by Gasteiger charge is -2.18. The van der Waals surface area contributed by atoms with E-state index in [1.807, 2.05) is 54.6 Å². The van der Waals surface area contributed by atoms with Crippen molar-refractivity contribution in [2.24, 2.45) is 4.99 Å². The number of anilines is 1. The molecule has 0 saturated carbocycles. The summed E-state index contributed by atoms with van der Waals surface area (Å²) in [4.78, 5) is 28.2. The number of hydrogen-bond acceptors (Lipinski definition) is 6. The second kappa shape index (κ2) is 7.79. The van der Waals surface area contributed by atoms with Gasteiger partial charge in [-0.3, -0.25) is 4.79 Å². The Morgan fingerprint density at radius 2 is 1.77 bits per heavy atom. The van der Waals surface area contributed by atoms with Gasteiger partial charge in [-0.25, -0.2) is 9.79 Å². The van der Waals surface area contributed by atoms with Crippen LogP contribution >= 0.6 is 0 Å². The highest BCUT2D eigenvalue weighted by Crippen LogP contribution is 2.30. The van der Waals surface area contributed by atoms with Gasteiger partial charge in [0, 0.05) is 5.56 Å². The molecule has 0 unspecified atom stereocenters. The molecule has 0 aromatic heterocycles. The van der Waals surface area contributed by atoms with Crippen LogP contribution in [0.3, 0.4) is 0 Å². The van der Waals surface area contributed by atoms with Gasteiger partial charge in [0.2, 0.25) is 5.90 Å². The van der Waals surface area contributed by atoms with E-state index in [4.69, 9.17) is 14.2 Å². The maximum absolute atomic E-state index is 12.3. The molecule has 0 spiro atoms. The van der Waals surface area contributed by atoms with Crippen LogP contribution in [0.4, 0.5) is 5.69 Å². The highest BCUT2D eigenvalue weighted by Gasteiger charge is 2.26. The van der Waals surface area contributed by atoms with Crippen molar-refractivity contribution in [1.82, 2.24) is 0 Å². The van der Waals surface area contributed by atoms with E-state index in [2.05, 4.69) is 10.3 Å². The van der Waals surface area contributed by atoms with Gasteiger partial charge in [-0.2, -0.15) is 0 Å². The zero-order valence-corrected chi connectivity index (χ0v) is 16.2.